The lowest BCUT2D eigenvalue weighted by molar-refractivity contribution is 0.196. The minimum Gasteiger partial charge on any atom is -0.504 e. The van der Waals surface area contributed by atoms with E-state index in [1.54, 1.807) is 0 Å². The van der Waals surface area contributed by atoms with Gasteiger partial charge in [0.15, 0.2) is 17.2 Å². The van der Waals surface area contributed by atoms with Gasteiger partial charge in [-0.1, -0.05) is 12.1 Å². The number of ether oxygens (including phenoxy) is 1. The van der Waals surface area contributed by atoms with Gasteiger partial charge in [-0.15, -0.1) is 0 Å². The van der Waals surface area contributed by atoms with Crippen LogP contribution in [-0.4, -0.2) is 33.6 Å². The van der Waals surface area contributed by atoms with Crippen LogP contribution in [0.5, 0.6) is 23.0 Å². The molecule has 0 saturated heterocycles. The Balaban J connectivity index is 2.79. The van der Waals surface area contributed by atoms with Crippen LogP contribution in [-0.2, 0) is 0 Å². The molecule has 0 unspecified atom stereocenters. The fraction of sp³-hybridized carbons (Fsp3) is 0.154. The molecule has 0 amide bonds. The quantitative estimate of drug-likeness (QED) is 0.607. The van der Waals surface area contributed by atoms with Crippen molar-refractivity contribution in [1.29, 1.82) is 0 Å². The van der Waals surface area contributed by atoms with Crippen molar-refractivity contribution in [1.82, 2.24) is 0 Å². The van der Waals surface area contributed by atoms with Gasteiger partial charge in [-0.05, 0) is 17.5 Å². The standard InChI is InChI=1S/C13H12O6/c14-4-5-19-9-6-7-2-1-3-8(15)11(16)10(7)13(18)12(9)17/h1-3,6,14,17-18H,4-5H2,(H,15,16). The van der Waals surface area contributed by atoms with Crippen LogP contribution in [0.3, 0.4) is 0 Å². The zero-order valence-electron chi connectivity index (χ0n) is 9.83. The predicted octanol–water partition coefficient (Wildman–Crippen LogP) is 0.688. The Hall–Kier alpha value is -2.47. The van der Waals surface area contributed by atoms with Crippen molar-refractivity contribution < 1.29 is 25.2 Å². The summed E-state index contributed by atoms with van der Waals surface area (Å²) in [5, 5.41) is 38.2. The largest absolute Gasteiger partial charge is 0.504 e. The maximum Gasteiger partial charge on any atom is 0.220 e. The molecular weight excluding hydrogens is 252 g/mol. The summed E-state index contributed by atoms with van der Waals surface area (Å²) >= 11 is 0. The smallest absolute Gasteiger partial charge is 0.220 e. The van der Waals surface area contributed by atoms with E-state index in [1.165, 1.54) is 18.2 Å². The zero-order valence-corrected chi connectivity index (χ0v) is 9.83. The molecule has 0 fully saturated rings. The third-order valence-corrected chi connectivity index (χ3v) is 2.61. The number of benzene rings is 1. The monoisotopic (exact) mass is 264 g/mol. The molecule has 4 N–H and O–H groups in total. The van der Waals surface area contributed by atoms with Gasteiger partial charge in [0.1, 0.15) is 6.61 Å². The fourth-order valence-electron chi connectivity index (χ4n) is 1.74. The van der Waals surface area contributed by atoms with Crippen LogP contribution in [0.2, 0.25) is 0 Å². The van der Waals surface area contributed by atoms with Gasteiger partial charge in [-0.3, -0.25) is 4.79 Å². The summed E-state index contributed by atoms with van der Waals surface area (Å²) < 4.78 is 5.06. The van der Waals surface area contributed by atoms with Gasteiger partial charge in [0.2, 0.25) is 11.2 Å². The van der Waals surface area contributed by atoms with Gasteiger partial charge in [-0.2, -0.15) is 0 Å². The van der Waals surface area contributed by atoms with Gasteiger partial charge in [0, 0.05) is 0 Å². The molecule has 19 heavy (non-hydrogen) atoms. The Kier molecular flexibility index (Phi) is 3.43. The number of rotatable bonds is 3. The van der Waals surface area contributed by atoms with Crippen molar-refractivity contribution in [2.45, 2.75) is 0 Å². The first kappa shape index (κ1) is 13.0. The second kappa shape index (κ2) is 5.03. The molecule has 2 aromatic carbocycles. The van der Waals surface area contributed by atoms with Crippen LogP contribution in [0, 0.1) is 0 Å². The molecule has 6 heteroatoms. The molecular formula is C13H12O6. The Labute approximate surface area is 107 Å². The third-order valence-electron chi connectivity index (χ3n) is 2.61. The highest BCUT2D eigenvalue weighted by atomic mass is 16.5. The number of aromatic hydroxyl groups is 3. The van der Waals surface area contributed by atoms with Crippen molar-refractivity contribution >= 4 is 10.8 Å². The molecule has 0 aliphatic carbocycles. The van der Waals surface area contributed by atoms with Gasteiger partial charge < -0.3 is 25.2 Å². The highest BCUT2D eigenvalue weighted by Gasteiger charge is 2.16. The SMILES string of the molecule is O=c1cccc2cc(OCCO)c(O)c(O)c2c1O. The number of fused-ring (bicyclic) bond motifs is 1. The lowest BCUT2D eigenvalue weighted by Crippen LogP contribution is -2.01. The van der Waals surface area contributed by atoms with Gasteiger partial charge in [0.05, 0.1) is 12.0 Å². The van der Waals surface area contributed by atoms with Crippen molar-refractivity contribution in [2.24, 2.45) is 0 Å². The van der Waals surface area contributed by atoms with E-state index in [1.807, 2.05) is 0 Å². The molecule has 0 bridgehead atoms. The molecule has 0 heterocycles. The number of aliphatic hydroxyl groups excluding tert-OH is 1. The fourth-order valence-corrected chi connectivity index (χ4v) is 1.74. The first-order valence-electron chi connectivity index (χ1n) is 5.51. The van der Waals surface area contributed by atoms with E-state index in [0.717, 1.165) is 6.07 Å². The van der Waals surface area contributed by atoms with E-state index >= 15 is 0 Å². The summed E-state index contributed by atoms with van der Waals surface area (Å²) in [6.45, 7) is -0.312. The summed E-state index contributed by atoms with van der Waals surface area (Å²) in [4.78, 5) is 11.4. The summed E-state index contributed by atoms with van der Waals surface area (Å²) in [6, 6.07) is 5.40. The Bertz CT molecular complexity index is 680. The van der Waals surface area contributed by atoms with Gasteiger partial charge in [0.25, 0.3) is 0 Å². The topological polar surface area (TPSA) is 107 Å². The zero-order chi connectivity index (χ0) is 14.0. The molecule has 0 aliphatic rings. The highest BCUT2D eigenvalue weighted by Crippen LogP contribution is 2.43. The Morgan fingerprint density at radius 3 is 2.47 bits per heavy atom. The van der Waals surface area contributed by atoms with E-state index in [4.69, 9.17) is 9.84 Å². The van der Waals surface area contributed by atoms with Gasteiger partial charge in [-0.25, -0.2) is 0 Å². The highest BCUT2D eigenvalue weighted by molar-refractivity contribution is 5.96. The molecule has 100 valence electrons. The van der Waals surface area contributed by atoms with E-state index < -0.39 is 22.7 Å². The number of hydrogen-bond donors (Lipinski definition) is 4. The molecule has 0 saturated carbocycles. The number of hydrogen-bond acceptors (Lipinski definition) is 6. The Morgan fingerprint density at radius 1 is 1.05 bits per heavy atom. The van der Waals surface area contributed by atoms with Crippen molar-refractivity contribution in [2.75, 3.05) is 13.2 Å². The number of phenols is 2. The van der Waals surface area contributed by atoms with Crippen LogP contribution < -0.4 is 10.2 Å². The first-order valence-corrected chi connectivity index (χ1v) is 5.51. The van der Waals surface area contributed by atoms with Crippen molar-refractivity contribution in [3.05, 3.63) is 34.5 Å². The third kappa shape index (κ3) is 2.25. The van der Waals surface area contributed by atoms with Crippen LogP contribution in [0.4, 0.5) is 0 Å². The van der Waals surface area contributed by atoms with Crippen LogP contribution in [0.15, 0.2) is 29.1 Å². The van der Waals surface area contributed by atoms with E-state index in [-0.39, 0.29) is 24.3 Å². The summed E-state index contributed by atoms with van der Waals surface area (Å²) in [5.41, 5.74) is -0.672. The summed E-state index contributed by atoms with van der Waals surface area (Å²) in [7, 11) is 0. The average molecular weight is 264 g/mol. The van der Waals surface area contributed by atoms with E-state index in [9.17, 15) is 20.1 Å². The van der Waals surface area contributed by atoms with Crippen molar-refractivity contribution in [3.63, 3.8) is 0 Å². The van der Waals surface area contributed by atoms with E-state index in [2.05, 4.69) is 0 Å². The molecule has 2 rings (SSSR count). The Morgan fingerprint density at radius 2 is 1.79 bits per heavy atom. The molecule has 2 aromatic rings. The second-order valence-corrected chi connectivity index (χ2v) is 3.85. The average Bonchev–Trinajstić information content (AvgIpc) is 2.53. The van der Waals surface area contributed by atoms with Crippen LogP contribution in [0.25, 0.3) is 10.8 Å². The van der Waals surface area contributed by atoms with Gasteiger partial charge >= 0.3 is 0 Å². The first-order chi connectivity index (χ1) is 9.06. The summed E-state index contributed by atoms with van der Waals surface area (Å²) in [6.07, 6.45) is 0. The lowest BCUT2D eigenvalue weighted by atomic mass is 10.1. The minimum atomic E-state index is -0.672. The van der Waals surface area contributed by atoms with Crippen LogP contribution in [0.1, 0.15) is 0 Å². The molecule has 0 radical (unpaired) electrons. The number of aliphatic hydroxyl groups is 1. The molecule has 0 spiro atoms. The lowest BCUT2D eigenvalue weighted by Gasteiger charge is -2.10. The predicted molar refractivity (Wildman–Crippen MR) is 67.8 cm³/mol. The molecule has 6 nitrogen and oxygen atoms in total. The van der Waals surface area contributed by atoms with E-state index in [0.29, 0.717) is 5.39 Å². The second-order valence-electron chi connectivity index (χ2n) is 3.85. The van der Waals surface area contributed by atoms with Crippen molar-refractivity contribution in [3.8, 4) is 23.0 Å². The maximum atomic E-state index is 11.4. The molecule has 0 aromatic heterocycles. The number of phenolic OH excluding ortho intramolecular Hbond substituents is 2. The maximum absolute atomic E-state index is 11.4. The van der Waals surface area contributed by atoms with Crippen LogP contribution >= 0.6 is 0 Å². The minimum absolute atomic E-state index is 0.0444. The molecule has 0 aliphatic heterocycles. The summed E-state index contributed by atoms with van der Waals surface area (Å²) in [5.74, 6) is -1.93. The normalized spacial score (nSPS) is 10.6. The molecule has 0 atom stereocenters.